The lowest BCUT2D eigenvalue weighted by atomic mass is 10.2. The summed E-state index contributed by atoms with van der Waals surface area (Å²) in [6.45, 7) is 0.550. The number of benzene rings is 2. The van der Waals surface area contributed by atoms with Gasteiger partial charge in [-0.05, 0) is 52.9 Å². The lowest BCUT2D eigenvalue weighted by Gasteiger charge is -2.08. The molecule has 1 heterocycles. The summed E-state index contributed by atoms with van der Waals surface area (Å²) >= 11 is 18.2. The molecule has 0 saturated heterocycles. The second kappa shape index (κ2) is 5.83. The topological polar surface area (TPSA) is 17.8 Å². The van der Waals surface area contributed by atoms with E-state index in [-0.39, 0.29) is 0 Å². The molecule has 2 aromatic carbocycles. The first-order valence-electron chi connectivity index (χ1n) is 5.80. The minimum absolute atomic E-state index is 0.550. The zero-order valence-corrected chi connectivity index (χ0v) is 15.3. The van der Waals surface area contributed by atoms with Gasteiger partial charge in [0.1, 0.15) is 3.70 Å². The van der Waals surface area contributed by atoms with E-state index in [0.717, 1.165) is 24.6 Å². The highest BCUT2D eigenvalue weighted by Crippen LogP contribution is 2.28. The van der Waals surface area contributed by atoms with Gasteiger partial charge < -0.3 is 0 Å². The van der Waals surface area contributed by atoms with Crippen molar-refractivity contribution in [3.63, 3.8) is 0 Å². The van der Waals surface area contributed by atoms with Crippen LogP contribution in [0.15, 0.2) is 40.9 Å². The van der Waals surface area contributed by atoms with Crippen molar-refractivity contribution in [1.29, 1.82) is 0 Å². The number of rotatable bonds is 2. The molecule has 0 bridgehead atoms. The van der Waals surface area contributed by atoms with Crippen LogP contribution >= 0.6 is 61.7 Å². The van der Waals surface area contributed by atoms with Crippen LogP contribution in [0.5, 0.6) is 0 Å². The number of hydrogen-bond acceptors (Lipinski definition) is 1. The second-order valence-electron chi connectivity index (χ2n) is 4.31. The van der Waals surface area contributed by atoms with E-state index in [2.05, 4.69) is 55.8 Å². The molecule has 3 rings (SSSR count). The first-order valence-corrected chi connectivity index (χ1v) is 8.43. The fraction of sp³-hybridized carbons (Fsp3) is 0.0714. The van der Waals surface area contributed by atoms with Crippen LogP contribution in [0, 0.1) is 3.70 Å². The Labute approximate surface area is 148 Å². The van der Waals surface area contributed by atoms with Crippen molar-refractivity contribution in [3.05, 3.63) is 60.2 Å². The van der Waals surface area contributed by atoms with Crippen LogP contribution in [0.4, 0.5) is 0 Å². The molecule has 20 heavy (non-hydrogen) atoms. The first kappa shape index (κ1) is 14.6. The van der Waals surface area contributed by atoms with Crippen LogP contribution in [-0.2, 0) is 6.54 Å². The summed E-state index contributed by atoms with van der Waals surface area (Å²) in [5.41, 5.74) is 1.94. The van der Waals surface area contributed by atoms with E-state index in [1.165, 1.54) is 0 Å². The van der Waals surface area contributed by atoms with E-state index in [1.807, 2.05) is 28.9 Å². The van der Waals surface area contributed by atoms with Crippen molar-refractivity contribution >= 4 is 72.6 Å². The average molecular weight is 482 g/mol. The van der Waals surface area contributed by atoms with Crippen molar-refractivity contribution in [2.75, 3.05) is 0 Å². The Morgan fingerprint density at radius 1 is 1.15 bits per heavy atom. The van der Waals surface area contributed by atoms with Gasteiger partial charge in [-0.2, -0.15) is 5.10 Å². The van der Waals surface area contributed by atoms with Gasteiger partial charge in [0.2, 0.25) is 0 Å². The Hall–Kier alpha value is -0.300. The molecule has 0 radical (unpaired) electrons. The zero-order chi connectivity index (χ0) is 14.3. The third kappa shape index (κ3) is 2.71. The molecule has 0 unspecified atom stereocenters. The smallest absolute Gasteiger partial charge is 0.131 e. The van der Waals surface area contributed by atoms with E-state index < -0.39 is 0 Å². The lowest BCUT2D eigenvalue weighted by molar-refractivity contribution is 0.705. The molecular weight excluding hydrogens is 474 g/mol. The van der Waals surface area contributed by atoms with Gasteiger partial charge in [0.05, 0.1) is 12.1 Å². The normalized spacial score (nSPS) is 11.2. The van der Waals surface area contributed by atoms with E-state index in [9.17, 15) is 0 Å². The highest BCUT2D eigenvalue weighted by molar-refractivity contribution is 14.1. The van der Waals surface area contributed by atoms with Gasteiger partial charge in [0.25, 0.3) is 0 Å². The summed E-state index contributed by atoms with van der Waals surface area (Å²) in [6, 6.07) is 11.6. The van der Waals surface area contributed by atoms with E-state index in [0.29, 0.717) is 16.6 Å². The fourth-order valence-corrected chi connectivity index (χ4v) is 3.64. The van der Waals surface area contributed by atoms with Crippen molar-refractivity contribution in [2.45, 2.75) is 6.54 Å². The second-order valence-corrected chi connectivity index (χ2v) is 7.06. The van der Waals surface area contributed by atoms with E-state index in [1.54, 1.807) is 0 Å². The monoisotopic (exact) mass is 480 g/mol. The van der Waals surface area contributed by atoms with Gasteiger partial charge >= 0.3 is 0 Å². The van der Waals surface area contributed by atoms with Gasteiger partial charge in [-0.25, -0.2) is 0 Å². The molecule has 2 nitrogen and oxygen atoms in total. The summed E-state index contributed by atoms with van der Waals surface area (Å²) in [5.74, 6) is 0. The molecule has 0 amide bonds. The lowest BCUT2D eigenvalue weighted by Crippen LogP contribution is -2.03. The predicted molar refractivity (Wildman–Crippen MR) is 95.7 cm³/mol. The Bertz CT molecular complexity index is 781. The van der Waals surface area contributed by atoms with Crippen LogP contribution in [0.25, 0.3) is 10.9 Å². The summed E-state index contributed by atoms with van der Waals surface area (Å²) in [7, 11) is 0. The molecule has 0 N–H and O–H groups in total. The van der Waals surface area contributed by atoms with Gasteiger partial charge in [-0.15, -0.1) is 0 Å². The standard InChI is InChI=1S/C14H8BrCl2IN2/c15-8-4-5-9-13(6-8)20(19-14(9)18)7-10-11(16)2-1-3-12(10)17/h1-6H,7H2. The maximum absolute atomic E-state index is 6.23. The summed E-state index contributed by atoms with van der Waals surface area (Å²) < 4.78 is 3.91. The number of aromatic nitrogens is 2. The molecule has 0 fully saturated rings. The molecular formula is C14H8BrCl2IN2. The zero-order valence-electron chi connectivity index (χ0n) is 10.1. The largest absolute Gasteiger partial charge is 0.259 e. The third-order valence-electron chi connectivity index (χ3n) is 3.04. The summed E-state index contributed by atoms with van der Waals surface area (Å²) in [6.07, 6.45) is 0. The Kier molecular flexibility index (Phi) is 4.26. The number of fused-ring (bicyclic) bond motifs is 1. The van der Waals surface area contributed by atoms with Crippen molar-refractivity contribution < 1.29 is 0 Å². The SMILES string of the molecule is Clc1cccc(Cl)c1Cn1nc(I)c2ccc(Br)cc21. The van der Waals surface area contributed by atoms with Crippen molar-refractivity contribution in [1.82, 2.24) is 9.78 Å². The number of hydrogen-bond donors (Lipinski definition) is 0. The Morgan fingerprint density at radius 2 is 1.85 bits per heavy atom. The predicted octanol–water partition coefficient (Wildman–Crippen LogP) is 5.76. The fourth-order valence-electron chi connectivity index (χ4n) is 2.06. The summed E-state index contributed by atoms with van der Waals surface area (Å²) in [5, 5.41) is 7.01. The van der Waals surface area contributed by atoms with E-state index in [4.69, 9.17) is 23.2 Å². The number of halogens is 4. The van der Waals surface area contributed by atoms with Crippen molar-refractivity contribution in [2.24, 2.45) is 0 Å². The minimum atomic E-state index is 0.550. The van der Waals surface area contributed by atoms with Gasteiger partial charge in [-0.3, -0.25) is 4.68 Å². The maximum atomic E-state index is 6.23. The highest BCUT2D eigenvalue weighted by atomic mass is 127. The van der Waals surface area contributed by atoms with Gasteiger partial charge in [-0.1, -0.05) is 45.2 Å². The van der Waals surface area contributed by atoms with Crippen LogP contribution in [0.3, 0.4) is 0 Å². The Morgan fingerprint density at radius 3 is 2.55 bits per heavy atom. The molecule has 0 atom stereocenters. The molecule has 0 aliphatic heterocycles. The number of nitrogens with zero attached hydrogens (tertiary/aromatic N) is 2. The molecule has 6 heteroatoms. The molecule has 102 valence electrons. The van der Waals surface area contributed by atoms with E-state index >= 15 is 0 Å². The van der Waals surface area contributed by atoms with Gasteiger partial charge in [0.15, 0.2) is 0 Å². The first-order chi connectivity index (χ1) is 9.56. The molecule has 1 aromatic heterocycles. The maximum Gasteiger partial charge on any atom is 0.131 e. The molecule has 0 spiro atoms. The van der Waals surface area contributed by atoms with Crippen LogP contribution in [0.1, 0.15) is 5.56 Å². The van der Waals surface area contributed by atoms with Crippen LogP contribution in [-0.4, -0.2) is 9.78 Å². The molecule has 0 aliphatic rings. The molecule has 3 aromatic rings. The Balaban J connectivity index is 2.14. The molecule has 0 aliphatic carbocycles. The van der Waals surface area contributed by atoms with Gasteiger partial charge in [0, 0.05) is 25.5 Å². The molecule has 0 saturated carbocycles. The minimum Gasteiger partial charge on any atom is -0.259 e. The quantitative estimate of drug-likeness (QED) is 0.426. The van der Waals surface area contributed by atoms with Crippen LogP contribution < -0.4 is 0 Å². The summed E-state index contributed by atoms with van der Waals surface area (Å²) in [4.78, 5) is 0. The van der Waals surface area contributed by atoms with Crippen LogP contribution in [0.2, 0.25) is 10.0 Å². The van der Waals surface area contributed by atoms with Crippen molar-refractivity contribution in [3.8, 4) is 0 Å². The highest BCUT2D eigenvalue weighted by Gasteiger charge is 2.12. The third-order valence-corrected chi connectivity index (χ3v) is 5.04. The average Bonchev–Trinajstić information content (AvgIpc) is 2.70.